The van der Waals surface area contributed by atoms with Crippen LogP contribution >= 0.6 is 11.8 Å². The number of para-hydroxylation sites is 2. The molecule has 5 aliphatic rings. The highest BCUT2D eigenvalue weighted by Crippen LogP contribution is 2.49. The number of rotatable bonds is 7. The number of urea groups is 1. The van der Waals surface area contributed by atoms with Gasteiger partial charge in [-0.25, -0.2) is 9.18 Å². The Morgan fingerprint density at radius 2 is 1.63 bits per heavy atom. The number of carbonyl (C=O) groups excluding carboxylic acids is 3. The van der Waals surface area contributed by atoms with Gasteiger partial charge in [-0.2, -0.15) is 0 Å². The number of benzene rings is 2. The molecule has 2 aromatic carbocycles. The molecule has 4 amide bonds. The second-order valence-corrected chi connectivity index (χ2v) is 17.4. The summed E-state index contributed by atoms with van der Waals surface area (Å²) in [5.74, 6) is 0.178. The van der Waals surface area contributed by atoms with E-state index in [1.54, 1.807) is 12.1 Å². The third-order valence-corrected chi connectivity index (χ3v) is 13.4. The van der Waals surface area contributed by atoms with E-state index in [2.05, 4.69) is 42.0 Å². The first-order valence-electron chi connectivity index (χ1n) is 19.2. The smallest absolute Gasteiger partial charge is 0.322 e. The van der Waals surface area contributed by atoms with Gasteiger partial charge < -0.3 is 24.9 Å². The zero-order valence-electron chi connectivity index (χ0n) is 30.6. The predicted octanol–water partition coefficient (Wildman–Crippen LogP) is 7.23. The van der Waals surface area contributed by atoms with E-state index in [-0.39, 0.29) is 49.9 Å². The van der Waals surface area contributed by atoms with Crippen molar-refractivity contribution < 1.29 is 21.6 Å². The molecule has 2 aromatic rings. The molecule has 0 spiro atoms. The van der Waals surface area contributed by atoms with Crippen LogP contribution in [0.25, 0.3) is 0 Å². The fourth-order valence-electron chi connectivity index (χ4n) is 8.92. The molecule has 51 heavy (non-hydrogen) atoms. The Hall–Kier alpha value is -3.31. The molecule has 1 N–H and O–H groups in total. The number of hydrogen-bond donors (Lipinski definition) is 1. The van der Waals surface area contributed by atoms with Crippen LogP contribution < -0.4 is 10.2 Å². The van der Waals surface area contributed by atoms with Crippen LogP contribution in [0.3, 0.4) is 0 Å². The van der Waals surface area contributed by atoms with E-state index in [0.29, 0.717) is 50.6 Å². The summed E-state index contributed by atoms with van der Waals surface area (Å²) in [6.45, 7) is 12.3. The number of halogens is 1. The van der Waals surface area contributed by atoms with Crippen molar-refractivity contribution in [3.63, 3.8) is 0 Å². The maximum absolute atomic E-state index is 15.9. The molecule has 280 valence electrons. The van der Waals surface area contributed by atoms with Crippen molar-refractivity contribution in [2.24, 2.45) is 5.92 Å². The topological polar surface area (TPSA) is 79.4 Å². The van der Waals surface area contributed by atoms with Gasteiger partial charge in [-0.15, -0.1) is 11.8 Å². The Kier molecular flexibility index (Phi) is 10.9. The fourth-order valence-corrected chi connectivity index (χ4v) is 10.4. The minimum absolute atomic E-state index is 0. The molecule has 1 saturated carbocycles. The predicted molar refractivity (Wildman–Crippen MR) is 207 cm³/mol. The van der Waals surface area contributed by atoms with Gasteiger partial charge in [-0.3, -0.25) is 14.5 Å². The van der Waals surface area contributed by atoms with Crippen LogP contribution in [0.15, 0.2) is 42.5 Å². The first-order valence-corrected chi connectivity index (χ1v) is 20.2. The summed E-state index contributed by atoms with van der Waals surface area (Å²) < 4.78 is 15.9. The maximum atomic E-state index is 15.9. The monoisotopic (exact) mass is 722 g/mol. The molecular formula is C40H59FN6O3S. The molecule has 4 fully saturated rings. The Balaban J connectivity index is 0.00000271. The number of nitrogens with zero attached hydrogens (tertiary/aromatic N) is 5. The molecule has 1 aliphatic carbocycles. The average Bonchev–Trinajstić information content (AvgIpc) is 3.31. The molecule has 9 nitrogen and oxygen atoms in total. The highest BCUT2D eigenvalue weighted by molar-refractivity contribution is 8.01. The van der Waals surface area contributed by atoms with Gasteiger partial charge in [0, 0.05) is 84.5 Å². The Bertz CT molecular complexity index is 1590. The number of carbonyl (C=O) groups is 3. The van der Waals surface area contributed by atoms with E-state index in [4.69, 9.17) is 0 Å². The molecule has 0 bridgehead atoms. The van der Waals surface area contributed by atoms with E-state index in [1.807, 2.05) is 39.0 Å². The molecule has 11 heteroatoms. The van der Waals surface area contributed by atoms with Crippen molar-refractivity contribution in [1.29, 1.82) is 0 Å². The van der Waals surface area contributed by atoms with Crippen LogP contribution in [-0.2, 0) is 16.0 Å². The molecule has 0 aromatic heterocycles. The summed E-state index contributed by atoms with van der Waals surface area (Å²) in [7, 11) is 0. The van der Waals surface area contributed by atoms with Crippen molar-refractivity contribution >= 4 is 41.0 Å². The minimum Gasteiger partial charge on any atom is -0.366 e. The van der Waals surface area contributed by atoms with Crippen LogP contribution in [0, 0.1) is 11.7 Å². The van der Waals surface area contributed by atoms with Crippen molar-refractivity contribution in [2.75, 3.05) is 62.6 Å². The summed E-state index contributed by atoms with van der Waals surface area (Å²) >= 11 is 1.54. The third kappa shape index (κ3) is 7.89. The number of hydrogen-bond acceptors (Lipinski definition) is 6. The zero-order chi connectivity index (χ0) is 35.7. The molecular weight excluding hydrogens is 664 g/mol. The SMILES string of the molecule is CC(C)(C)N1CCN(c2c(F)cccc2C2S[C@@H](CC(=O)N3CCC(N4CCc5ccccc5NC4=O)CC3)C(=O)N2CC2CCCCC2)CC1.[HH].[HH]. The highest BCUT2D eigenvalue weighted by Gasteiger charge is 2.45. The quantitative estimate of drug-likeness (QED) is 0.325. The number of thioether (sulfide) groups is 1. The van der Waals surface area contributed by atoms with Crippen molar-refractivity contribution in [1.82, 2.24) is 19.6 Å². The fraction of sp³-hybridized carbons (Fsp3) is 0.625. The van der Waals surface area contributed by atoms with E-state index >= 15 is 4.39 Å². The first-order chi connectivity index (χ1) is 24.6. The summed E-state index contributed by atoms with van der Waals surface area (Å²) in [6, 6.07) is 13.3. The lowest BCUT2D eigenvalue weighted by Crippen LogP contribution is -2.53. The van der Waals surface area contributed by atoms with Crippen LogP contribution in [0.1, 0.15) is 91.5 Å². The molecule has 3 saturated heterocycles. The van der Waals surface area contributed by atoms with E-state index in [9.17, 15) is 14.4 Å². The van der Waals surface area contributed by atoms with Gasteiger partial charge in [0.1, 0.15) is 11.2 Å². The molecule has 1 unspecified atom stereocenters. The van der Waals surface area contributed by atoms with E-state index in [1.165, 1.54) is 31.0 Å². The van der Waals surface area contributed by atoms with Crippen LogP contribution in [-0.4, -0.2) is 107 Å². The Morgan fingerprint density at radius 1 is 0.902 bits per heavy atom. The normalized spacial score (nSPS) is 24.5. The number of piperazine rings is 1. The summed E-state index contributed by atoms with van der Waals surface area (Å²) in [5.41, 5.74) is 3.53. The lowest BCUT2D eigenvalue weighted by molar-refractivity contribution is -0.137. The Labute approximate surface area is 310 Å². The third-order valence-electron chi connectivity index (χ3n) is 11.9. The number of amides is 4. The maximum Gasteiger partial charge on any atom is 0.322 e. The second-order valence-electron chi connectivity index (χ2n) is 16.1. The molecule has 4 heterocycles. The second kappa shape index (κ2) is 15.3. The number of piperidine rings is 1. The summed E-state index contributed by atoms with van der Waals surface area (Å²) in [5, 5.41) is 2.24. The average molecular weight is 723 g/mol. The van der Waals surface area contributed by atoms with Crippen LogP contribution in [0.5, 0.6) is 0 Å². The molecule has 0 radical (unpaired) electrons. The van der Waals surface area contributed by atoms with Gasteiger partial charge in [0.25, 0.3) is 0 Å². The number of likely N-dealkylation sites (tertiary alicyclic amines) is 1. The Morgan fingerprint density at radius 3 is 2.35 bits per heavy atom. The van der Waals surface area contributed by atoms with Gasteiger partial charge in [0.05, 0.1) is 10.9 Å². The molecule has 4 aliphatic heterocycles. The van der Waals surface area contributed by atoms with Gasteiger partial charge in [-0.05, 0) is 76.5 Å². The van der Waals surface area contributed by atoms with Crippen molar-refractivity contribution in [3.8, 4) is 0 Å². The molecule has 2 atom stereocenters. The largest absolute Gasteiger partial charge is 0.366 e. The van der Waals surface area contributed by atoms with Crippen LogP contribution in [0.2, 0.25) is 0 Å². The minimum atomic E-state index is -0.507. The number of fused-ring (bicyclic) bond motifs is 1. The van der Waals surface area contributed by atoms with Gasteiger partial charge in [0.2, 0.25) is 11.8 Å². The standard InChI is InChI=1S/C40H55FN6O3S.2H2/c1-40(2,3)45-24-22-44(23-25-45)36-31(13-9-14-32(36)41)38-47(27-28-10-5-4-6-11-28)37(49)34(51-38)26-35(48)43-19-17-30(18-20-43)46-21-16-29-12-7-8-15-33(29)42-39(46)50;;/h7-9,12-15,28,30,34,38H,4-6,10-11,16-27H2,1-3H3,(H,42,50);2*1H/t34-,38?;;/m0../s1. The van der Waals surface area contributed by atoms with Gasteiger partial charge in [0.15, 0.2) is 0 Å². The van der Waals surface area contributed by atoms with Crippen molar-refractivity contribution in [2.45, 2.75) is 101 Å². The van der Waals surface area contributed by atoms with Gasteiger partial charge >= 0.3 is 6.03 Å². The lowest BCUT2D eigenvalue weighted by Gasteiger charge is -2.44. The first kappa shape index (κ1) is 36.1. The summed E-state index contributed by atoms with van der Waals surface area (Å²) in [4.78, 5) is 51.7. The zero-order valence-corrected chi connectivity index (χ0v) is 31.4. The van der Waals surface area contributed by atoms with E-state index < -0.39 is 5.25 Å². The van der Waals surface area contributed by atoms with Crippen molar-refractivity contribution in [3.05, 3.63) is 59.4 Å². The summed E-state index contributed by atoms with van der Waals surface area (Å²) in [6.07, 6.45) is 8.17. The van der Waals surface area contributed by atoms with Gasteiger partial charge in [-0.1, -0.05) is 49.6 Å². The van der Waals surface area contributed by atoms with E-state index in [0.717, 1.165) is 62.3 Å². The highest BCUT2D eigenvalue weighted by atomic mass is 32.2. The lowest BCUT2D eigenvalue weighted by atomic mass is 9.88. The van der Waals surface area contributed by atoms with Crippen LogP contribution in [0.4, 0.5) is 20.6 Å². The number of nitrogens with one attached hydrogen (secondary N) is 1. The molecule has 7 rings (SSSR count). The number of anilines is 2.